The minimum absolute atomic E-state index is 0.279. The average molecular weight is 438 g/mol. The van der Waals surface area contributed by atoms with Crippen LogP contribution in [0.25, 0.3) is 16.7 Å². The number of fused-ring (bicyclic) bond motifs is 7. The van der Waals surface area contributed by atoms with Gasteiger partial charge in [-0.3, -0.25) is 0 Å². The fourth-order valence-corrected chi connectivity index (χ4v) is 5.90. The van der Waals surface area contributed by atoms with E-state index in [9.17, 15) is 0 Å². The largest absolute Gasteiger partial charge is 0.359 e. The van der Waals surface area contributed by atoms with Gasteiger partial charge < -0.3 is 5.32 Å². The smallest absolute Gasteiger partial charge is 0.0722 e. The van der Waals surface area contributed by atoms with E-state index in [1.807, 2.05) is 6.07 Å². The summed E-state index contributed by atoms with van der Waals surface area (Å²) in [6.07, 6.45) is 6.81. The molecular weight excluding hydrogens is 410 g/mol. The zero-order valence-corrected chi connectivity index (χ0v) is 19.5. The minimum Gasteiger partial charge on any atom is -0.359 e. The van der Waals surface area contributed by atoms with Gasteiger partial charge in [0.05, 0.1) is 5.41 Å². The van der Waals surface area contributed by atoms with Crippen molar-refractivity contribution in [1.82, 2.24) is 0 Å². The van der Waals surface area contributed by atoms with Crippen LogP contribution in [-0.4, -0.2) is 0 Å². The maximum atomic E-state index is 3.51. The van der Waals surface area contributed by atoms with Crippen molar-refractivity contribution in [2.45, 2.75) is 19.3 Å². The highest BCUT2D eigenvalue weighted by atomic mass is 14.9. The van der Waals surface area contributed by atoms with E-state index in [1.165, 1.54) is 44.5 Å². The highest BCUT2D eigenvalue weighted by Crippen LogP contribution is 2.63. The molecule has 0 aromatic heterocycles. The molecule has 0 atom stereocenters. The molecule has 34 heavy (non-hydrogen) atoms. The average Bonchev–Trinajstić information content (AvgIpc) is 3.34. The van der Waals surface area contributed by atoms with Crippen LogP contribution in [0.2, 0.25) is 0 Å². The first-order chi connectivity index (χ1) is 16.7. The zero-order valence-electron chi connectivity index (χ0n) is 19.5. The number of para-hydroxylation sites is 1. The van der Waals surface area contributed by atoms with E-state index in [0.29, 0.717) is 0 Å². The molecule has 2 aliphatic rings. The summed E-state index contributed by atoms with van der Waals surface area (Å²) in [4.78, 5) is 0. The third-order valence-corrected chi connectivity index (χ3v) is 7.17. The molecule has 0 saturated heterocycles. The van der Waals surface area contributed by atoms with Crippen LogP contribution in [0.5, 0.6) is 0 Å². The summed E-state index contributed by atoms with van der Waals surface area (Å²) in [5, 5.41) is 3.51. The summed E-state index contributed by atoms with van der Waals surface area (Å²) in [6, 6.07) is 37.1. The highest BCUT2D eigenvalue weighted by Gasteiger charge is 2.52. The maximum Gasteiger partial charge on any atom is 0.0722 e. The molecule has 1 heteroatoms. The molecule has 2 aliphatic carbocycles. The first-order valence-corrected chi connectivity index (χ1v) is 11.9. The third kappa shape index (κ3) is 2.87. The number of nitrogens with one attached hydrogen (secondary N) is 1. The summed E-state index contributed by atoms with van der Waals surface area (Å²) >= 11 is 0. The van der Waals surface area contributed by atoms with Crippen LogP contribution in [0.3, 0.4) is 0 Å². The van der Waals surface area contributed by atoms with E-state index in [4.69, 9.17) is 0 Å². The van der Waals surface area contributed by atoms with E-state index < -0.39 is 0 Å². The van der Waals surface area contributed by atoms with Crippen molar-refractivity contribution < 1.29 is 0 Å². The first-order valence-electron chi connectivity index (χ1n) is 11.9. The Kier molecular flexibility index (Phi) is 4.85. The Morgan fingerprint density at radius 1 is 0.647 bits per heavy atom. The Morgan fingerprint density at radius 3 is 1.74 bits per heavy atom. The van der Waals surface area contributed by atoms with Gasteiger partial charge in [-0.2, -0.15) is 0 Å². The molecule has 1 spiro atoms. The van der Waals surface area contributed by atoms with Crippen molar-refractivity contribution in [2.75, 3.05) is 5.32 Å². The predicted molar refractivity (Wildman–Crippen MR) is 144 cm³/mol. The molecule has 0 heterocycles. The van der Waals surface area contributed by atoms with Gasteiger partial charge in [0.1, 0.15) is 0 Å². The molecule has 4 aromatic rings. The molecule has 4 aromatic carbocycles. The monoisotopic (exact) mass is 437 g/mol. The molecule has 6 rings (SSSR count). The quantitative estimate of drug-likeness (QED) is 0.339. The molecular formula is C33H27N. The molecule has 0 radical (unpaired) electrons. The molecule has 0 fully saturated rings. The van der Waals surface area contributed by atoms with Gasteiger partial charge in [0, 0.05) is 11.4 Å². The second-order valence-corrected chi connectivity index (χ2v) is 9.01. The molecule has 0 unspecified atom stereocenters. The van der Waals surface area contributed by atoms with Crippen molar-refractivity contribution in [3.05, 3.63) is 155 Å². The lowest BCUT2D eigenvalue weighted by molar-refractivity contribution is 0.793. The van der Waals surface area contributed by atoms with Gasteiger partial charge in [-0.25, -0.2) is 0 Å². The van der Waals surface area contributed by atoms with Crippen molar-refractivity contribution >= 4 is 11.3 Å². The van der Waals surface area contributed by atoms with Crippen LogP contribution in [-0.2, 0) is 5.41 Å². The summed E-state index contributed by atoms with van der Waals surface area (Å²) in [7, 11) is 0. The summed E-state index contributed by atoms with van der Waals surface area (Å²) in [5.41, 5.74) is 12.7. The Bertz CT molecular complexity index is 1440. The standard InChI is InChI=1S/C33H27N/c1-3-29-28(22-21-23(2)34-24-13-5-4-6-14-24)27-17-9-12-20-32(27)33(29)30-18-10-7-15-25(30)26-16-8-11-19-31(26)33/h3-22,34H,1-2H3/b23-21+,28-22-,29-3?. The fourth-order valence-electron chi connectivity index (χ4n) is 5.90. The topological polar surface area (TPSA) is 12.0 Å². The number of allylic oxidation sites excluding steroid dienone is 6. The van der Waals surface area contributed by atoms with E-state index >= 15 is 0 Å². The Labute approximate surface area is 201 Å². The molecule has 0 amide bonds. The summed E-state index contributed by atoms with van der Waals surface area (Å²) < 4.78 is 0. The molecule has 0 saturated carbocycles. The molecule has 0 aliphatic heterocycles. The lowest BCUT2D eigenvalue weighted by Crippen LogP contribution is -2.25. The number of rotatable bonds is 3. The number of anilines is 1. The summed E-state index contributed by atoms with van der Waals surface area (Å²) in [6.45, 7) is 4.30. The van der Waals surface area contributed by atoms with Gasteiger partial charge in [-0.1, -0.05) is 103 Å². The Hall–Kier alpha value is -4.10. The van der Waals surface area contributed by atoms with Crippen LogP contribution in [0, 0.1) is 0 Å². The lowest BCUT2D eigenvalue weighted by Gasteiger charge is -2.30. The Morgan fingerprint density at radius 2 is 1.15 bits per heavy atom. The normalized spacial score (nSPS) is 17.6. The molecule has 164 valence electrons. The number of hydrogen-bond acceptors (Lipinski definition) is 1. The van der Waals surface area contributed by atoms with Crippen LogP contribution in [0.1, 0.15) is 36.1 Å². The van der Waals surface area contributed by atoms with Gasteiger partial charge in [0.2, 0.25) is 0 Å². The summed E-state index contributed by atoms with van der Waals surface area (Å²) in [5.74, 6) is 0. The fraction of sp³-hybridized carbons (Fsp3) is 0.0909. The van der Waals surface area contributed by atoms with E-state index in [0.717, 1.165) is 11.4 Å². The van der Waals surface area contributed by atoms with Gasteiger partial charge in [0.15, 0.2) is 0 Å². The third-order valence-electron chi connectivity index (χ3n) is 7.17. The van der Waals surface area contributed by atoms with Crippen molar-refractivity contribution in [3.63, 3.8) is 0 Å². The van der Waals surface area contributed by atoms with E-state index in [1.54, 1.807) is 0 Å². The minimum atomic E-state index is -0.279. The van der Waals surface area contributed by atoms with Crippen molar-refractivity contribution in [3.8, 4) is 11.1 Å². The van der Waals surface area contributed by atoms with Crippen molar-refractivity contribution in [1.29, 1.82) is 0 Å². The second-order valence-electron chi connectivity index (χ2n) is 9.01. The van der Waals surface area contributed by atoms with Gasteiger partial charge in [-0.15, -0.1) is 0 Å². The van der Waals surface area contributed by atoms with E-state index in [-0.39, 0.29) is 5.41 Å². The van der Waals surface area contributed by atoms with Gasteiger partial charge in [-0.05, 0) is 76.6 Å². The van der Waals surface area contributed by atoms with Gasteiger partial charge in [0.25, 0.3) is 0 Å². The van der Waals surface area contributed by atoms with Crippen LogP contribution >= 0.6 is 0 Å². The van der Waals surface area contributed by atoms with E-state index in [2.05, 4.69) is 134 Å². The van der Waals surface area contributed by atoms with Gasteiger partial charge >= 0.3 is 0 Å². The number of benzene rings is 4. The first kappa shape index (κ1) is 20.5. The van der Waals surface area contributed by atoms with Crippen LogP contribution in [0.15, 0.2) is 133 Å². The molecule has 0 bridgehead atoms. The Balaban J connectivity index is 1.56. The lowest BCUT2D eigenvalue weighted by atomic mass is 9.70. The predicted octanol–water partition coefficient (Wildman–Crippen LogP) is 8.36. The highest BCUT2D eigenvalue weighted by molar-refractivity contribution is 6.00. The maximum absolute atomic E-state index is 3.51. The van der Waals surface area contributed by atoms with Crippen molar-refractivity contribution in [2.24, 2.45) is 0 Å². The molecule has 1 nitrogen and oxygen atoms in total. The van der Waals surface area contributed by atoms with Crippen LogP contribution in [0.4, 0.5) is 5.69 Å². The SMILES string of the molecule is CC=C1/C(=C\C=C(/C)Nc2ccccc2)c2ccccc2C12c1ccccc1-c1ccccc12. The zero-order chi connectivity index (χ0) is 23.1. The number of hydrogen-bond donors (Lipinski definition) is 1. The van der Waals surface area contributed by atoms with Crippen LogP contribution < -0.4 is 5.32 Å². The second kappa shape index (κ2) is 8.04. The molecule has 1 N–H and O–H groups in total.